The van der Waals surface area contributed by atoms with E-state index in [1.807, 2.05) is 12.1 Å². The maximum absolute atomic E-state index is 5.96. The summed E-state index contributed by atoms with van der Waals surface area (Å²) in [6, 6.07) is 6.11. The summed E-state index contributed by atoms with van der Waals surface area (Å²) in [6.07, 6.45) is 4.45. The third kappa shape index (κ3) is 2.29. The Labute approximate surface area is 126 Å². The minimum Gasteiger partial charge on any atom is -0.338 e. The molecular formula is C15H18BrN3O. The van der Waals surface area contributed by atoms with Crippen LogP contribution in [-0.2, 0) is 5.41 Å². The molecule has 0 aliphatic heterocycles. The average molecular weight is 336 g/mol. The quantitative estimate of drug-likeness (QED) is 0.930. The molecule has 4 nitrogen and oxygen atoms in total. The van der Waals surface area contributed by atoms with Crippen LogP contribution < -0.4 is 5.73 Å². The van der Waals surface area contributed by atoms with Crippen molar-refractivity contribution in [3.63, 3.8) is 0 Å². The van der Waals surface area contributed by atoms with Crippen molar-refractivity contribution < 1.29 is 4.52 Å². The Hall–Kier alpha value is -1.20. The Balaban J connectivity index is 1.97. The molecule has 0 unspecified atom stereocenters. The molecule has 1 aromatic heterocycles. The van der Waals surface area contributed by atoms with Gasteiger partial charge in [0.1, 0.15) is 0 Å². The van der Waals surface area contributed by atoms with Gasteiger partial charge in [-0.1, -0.05) is 40.0 Å². The van der Waals surface area contributed by atoms with E-state index in [1.54, 1.807) is 0 Å². The number of rotatable bonds is 3. The first kappa shape index (κ1) is 13.8. The lowest BCUT2D eigenvalue weighted by atomic mass is 9.86. The van der Waals surface area contributed by atoms with Gasteiger partial charge in [0, 0.05) is 16.6 Å². The van der Waals surface area contributed by atoms with Crippen LogP contribution in [0.25, 0.3) is 11.4 Å². The number of halogens is 1. The van der Waals surface area contributed by atoms with Crippen LogP contribution in [0.15, 0.2) is 27.2 Å². The van der Waals surface area contributed by atoms with Gasteiger partial charge in [-0.05, 0) is 37.5 Å². The van der Waals surface area contributed by atoms with Crippen molar-refractivity contribution >= 4 is 15.9 Å². The van der Waals surface area contributed by atoms with Crippen LogP contribution in [0.1, 0.15) is 37.1 Å². The zero-order valence-corrected chi connectivity index (χ0v) is 13.1. The highest BCUT2D eigenvalue weighted by Crippen LogP contribution is 2.40. The molecule has 1 aromatic carbocycles. The van der Waals surface area contributed by atoms with Gasteiger partial charge in [-0.3, -0.25) is 0 Å². The molecule has 1 aliphatic carbocycles. The number of hydrogen-bond acceptors (Lipinski definition) is 4. The smallest absolute Gasteiger partial charge is 0.234 e. The number of benzene rings is 1. The lowest BCUT2D eigenvalue weighted by molar-refractivity contribution is 0.284. The van der Waals surface area contributed by atoms with Crippen molar-refractivity contribution in [3.8, 4) is 11.4 Å². The van der Waals surface area contributed by atoms with E-state index in [1.165, 1.54) is 18.4 Å². The predicted octanol–water partition coefficient (Wildman–Crippen LogP) is 3.58. The van der Waals surface area contributed by atoms with Crippen LogP contribution in [0.2, 0.25) is 0 Å². The first-order valence-corrected chi connectivity index (χ1v) is 7.75. The number of nitrogens with zero attached hydrogens (tertiary/aromatic N) is 2. The molecule has 0 radical (unpaired) electrons. The van der Waals surface area contributed by atoms with Gasteiger partial charge in [0.25, 0.3) is 0 Å². The summed E-state index contributed by atoms with van der Waals surface area (Å²) >= 11 is 3.56. The zero-order valence-electron chi connectivity index (χ0n) is 11.5. The lowest BCUT2D eigenvalue weighted by Gasteiger charge is -2.21. The van der Waals surface area contributed by atoms with E-state index < -0.39 is 0 Å². The van der Waals surface area contributed by atoms with Gasteiger partial charge in [0.15, 0.2) is 0 Å². The molecule has 1 saturated carbocycles. The lowest BCUT2D eigenvalue weighted by Crippen LogP contribution is -2.32. The van der Waals surface area contributed by atoms with Crippen molar-refractivity contribution in [2.75, 3.05) is 6.54 Å². The third-order valence-electron chi connectivity index (χ3n) is 4.20. The van der Waals surface area contributed by atoms with Crippen LogP contribution in [0, 0.1) is 6.92 Å². The zero-order chi connectivity index (χ0) is 14.2. The van der Waals surface area contributed by atoms with E-state index in [0.717, 1.165) is 22.9 Å². The molecular weight excluding hydrogens is 318 g/mol. The number of aromatic nitrogens is 2. The fourth-order valence-electron chi connectivity index (χ4n) is 2.91. The van der Waals surface area contributed by atoms with Crippen molar-refractivity contribution in [2.24, 2.45) is 5.73 Å². The summed E-state index contributed by atoms with van der Waals surface area (Å²) in [5, 5.41) is 4.14. The van der Waals surface area contributed by atoms with Gasteiger partial charge < -0.3 is 10.3 Å². The second-order valence-corrected chi connectivity index (χ2v) is 6.45. The van der Waals surface area contributed by atoms with Crippen LogP contribution >= 0.6 is 15.9 Å². The standard InChI is InChI=1S/C15H18BrN3O/c1-10-4-5-11(12(16)8-10)13-18-14(20-19-13)15(9-17)6-2-3-7-15/h4-5,8H,2-3,6-7,9,17H2,1H3. The molecule has 106 valence electrons. The van der Waals surface area contributed by atoms with Crippen molar-refractivity contribution in [1.82, 2.24) is 10.1 Å². The summed E-state index contributed by atoms with van der Waals surface area (Å²) in [6.45, 7) is 2.63. The minimum atomic E-state index is -0.109. The summed E-state index contributed by atoms with van der Waals surface area (Å²) in [4.78, 5) is 4.61. The Bertz CT molecular complexity index is 617. The largest absolute Gasteiger partial charge is 0.338 e. The van der Waals surface area contributed by atoms with Gasteiger partial charge >= 0.3 is 0 Å². The maximum atomic E-state index is 5.96. The molecule has 5 heteroatoms. The van der Waals surface area contributed by atoms with Gasteiger partial charge in [0.2, 0.25) is 11.7 Å². The summed E-state index contributed by atoms with van der Waals surface area (Å²) in [5.41, 5.74) is 8.00. The molecule has 20 heavy (non-hydrogen) atoms. The fraction of sp³-hybridized carbons (Fsp3) is 0.467. The second kappa shape index (κ2) is 5.30. The SMILES string of the molecule is Cc1ccc(-c2noc(C3(CN)CCCC3)n2)c(Br)c1. The van der Waals surface area contributed by atoms with Gasteiger partial charge in [-0.25, -0.2) is 0 Å². The molecule has 1 fully saturated rings. The number of hydrogen-bond donors (Lipinski definition) is 1. The Morgan fingerprint density at radius 3 is 2.75 bits per heavy atom. The van der Waals surface area contributed by atoms with Crippen LogP contribution in [-0.4, -0.2) is 16.7 Å². The highest BCUT2D eigenvalue weighted by atomic mass is 79.9. The first-order chi connectivity index (χ1) is 9.64. The highest BCUT2D eigenvalue weighted by molar-refractivity contribution is 9.10. The second-order valence-electron chi connectivity index (χ2n) is 5.60. The van der Waals surface area contributed by atoms with Crippen LogP contribution in [0.4, 0.5) is 0 Å². The topological polar surface area (TPSA) is 64.9 Å². The molecule has 0 bridgehead atoms. The number of aryl methyl sites for hydroxylation is 1. The molecule has 3 rings (SSSR count). The van der Waals surface area contributed by atoms with E-state index in [4.69, 9.17) is 10.3 Å². The Morgan fingerprint density at radius 2 is 2.10 bits per heavy atom. The normalized spacial score (nSPS) is 17.6. The monoisotopic (exact) mass is 335 g/mol. The predicted molar refractivity (Wildman–Crippen MR) is 81.4 cm³/mol. The van der Waals surface area contributed by atoms with Crippen molar-refractivity contribution in [1.29, 1.82) is 0 Å². The Morgan fingerprint density at radius 1 is 1.35 bits per heavy atom. The summed E-state index contributed by atoms with van der Waals surface area (Å²) < 4.78 is 6.50. The first-order valence-electron chi connectivity index (χ1n) is 6.95. The molecule has 0 saturated heterocycles. The molecule has 0 atom stereocenters. The van der Waals surface area contributed by atoms with E-state index in [-0.39, 0.29) is 5.41 Å². The molecule has 1 aliphatic rings. The molecule has 2 N–H and O–H groups in total. The van der Waals surface area contributed by atoms with E-state index in [9.17, 15) is 0 Å². The molecule has 1 heterocycles. The molecule has 0 spiro atoms. The average Bonchev–Trinajstić information content (AvgIpc) is 3.08. The van der Waals surface area contributed by atoms with Gasteiger partial charge in [0.05, 0.1) is 5.41 Å². The van der Waals surface area contributed by atoms with Crippen LogP contribution in [0.3, 0.4) is 0 Å². The molecule has 0 amide bonds. The third-order valence-corrected chi connectivity index (χ3v) is 4.85. The number of nitrogens with two attached hydrogens (primary N) is 1. The van der Waals surface area contributed by atoms with Crippen molar-refractivity contribution in [2.45, 2.75) is 38.0 Å². The summed E-state index contributed by atoms with van der Waals surface area (Å²) in [7, 11) is 0. The summed E-state index contributed by atoms with van der Waals surface area (Å²) in [5.74, 6) is 1.33. The maximum Gasteiger partial charge on any atom is 0.234 e. The van der Waals surface area contributed by atoms with Gasteiger partial charge in [-0.15, -0.1) is 0 Å². The van der Waals surface area contributed by atoms with E-state index >= 15 is 0 Å². The Kier molecular flexibility index (Phi) is 3.65. The van der Waals surface area contributed by atoms with E-state index in [2.05, 4.69) is 39.1 Å². The minimum absolute atomic E-state index is 0.109. The van der Waals surface area contributed by atoms with E-state index in [0.29, 0.717) is 18.3 Å². The fourth-order valence-corrected chi connectivity index (χ4v) is 3.58. The highest BCUT2D eigenvalue weighted by Gasteiger charge is 2.39. The van der Waals surface area contributed by atoms with Gasteiger partial charge in [-0.2, -0.15) is 4.98 Å². The van der Waals surface area contributed by atoms with Crippen LogP contribution in [0.5, 0.6) is 0 Å². The molecule has 2 aromatic rings. The van der Waals surface area contributed by atoms with Crippen molar-refractivity contribution in [3.05, 3.63) is 34.1 Å².